The molecule has 1 spiro atoms. The number of hydrogen-bond acceptors (Lipinski definition) is 6. The number of aliphatic hydroxyl groups is 1. The average molecular weight is 413 g/mol. The average Bonchev–Trinajstić information content (AvgIpc) is 3.27. The fourth-order valence-electron chi connectivity index (χ4n) is 5.27. The third-order valence-corrected chi connectivity index (χ3v) is 8.23. The normalized spacial score (nSPS) is 34.4. The van der Waals surface area contributed by atoms with Crippen LogP contribution < -0.4 is 5.32 Å². The van der Waals surface area contributed by atoms with E-state index in [0.29, 0.717) is 13.0 Å². The van der Waals surface area contributed by atoms with Crippen LogP contribution in [-0.2, 0) is 19.1 Å². The highest BCUT2D eigenvalue weighted by Gasteiger charge is 2.73. The number of amides is 2. The Morgan fingerprint density at radius 1 is 1.43 bits per heavy atom. The van der Waals surface area contributed by atoms with Crippen LogP contribution >= 0.6 is 11.8 Å². The zero-order valence-electron chi connectivity index (χ0n) is 17.0. The van der Waals surface area contributed by atoms with Gasteiger partial charge in [-0.1, -0.05) is 13.3 Å². The highest BCUT2D eigenvalue weighted by Crippen LogP contribution is 2.66. The number of esters is 1. The first-order chi connectivity index (χ1) is 13.4. The number of nitrogens with one attached hydrogen (secondary N) is 1. The number of fused-ring (bicyclic) bond motifs is 1. The van der Waals surface area contributed by atoms with Gasteiger partial charge in [0.2, 0.25) is 11.8 Å². The van der Waals surface area contributed by atoms with Crippen molar-refractivity contribution in [3.8, 4) is 0 Å². The Morgan fingerprint density at radius 3 is 2.82 bits per heavy atom. The number of aliphatic hydroxyl groups excluding tert-OH is 1. The highest BCUT2D eigenvalue weighted by atomic mass is 32.2. The van der Waals surface area contributed by atoms with Gasteiger partial charge in [0.15, 0.2) is 0 Å². The summed E-state index contributed by atoms with van der Waals surface area (Å²) >= 11 is 1.64. The summed E-state index contributed by atoms with van der Waals surface area (Å²) in [7, 11) is 0. The van der Waals surface area contributed by atoms with Crippen LogP contribution in [0.15, 0.2) is 0 Å². The predicted molar refractivity (Wildman–Crippen MR) is 107 cm³/mol. The molecule has 0 aliphatic carbocycles. The predicted octanol–water partition coefficient (Wildman–Crippen LogP) is 1.33. The van der Waals surface area contributed by atoms with Crippen molar-refractivity contribution in [1.82, 2.24) is 10.2 Å². The molecule has 2 N–H and O–H groups in total. The Morgan fingerprint density at radius 2 is 2.18 bits per heavy atom. The van der Waals surface area contributed by atoms with Gasteiger partial charge in [-0.3, -0.25) is 14.4 Å². The fraction of sp³-hybridized carbons (Fsp3) is 0.850. The second kappa shape index (κ2) is 8.61. The smallest absolute Gasteiger partial charge is 0.310 e. The Hall–Kier alpha value is -1.28. The van der Waals surface area contributed by atoms with Crippen LogP contribution in [0.25, 0.3) is 0 Å². The molecule has 0 aromatic carbocycles. The first kappa shape index (κ1) is 21.4. The maximum atomic E-state index is 13.4. The Bertz CT molecular complexity index is 630. The molecule has 3 rings (SSSR count). The molecule has 28 heavy (non-hydrogen) atoms. The van der Waals surface area contributed by atoms with E-state index in [2.05, 4.69) is 12.2 Å². The molecular weight excluding hydrogens is 380 g/mol. The van der Waals surface area contributed by atoms with Gasteiger partial charge >= 0.3 is 5.97 Å². The van der Waals surface area contributed by atoms with E-state index in [1.54, 1.807) is 23.6 Å². The number of carbonyl (C=O) groups is 3. The molecule has 8 heteroatoms. The molecule has 3 unspecified atom stereocenters. The lowest BCUT2D eigenvalue weighted by Crippen LogP contribution is -2.55. The molecule has 3 aliphatic heterocycles. The Kier molecular flexibility index (Phi) is 6.59. The topological polar surface area (TPSA) is 95.9 Å². The van der Waals surface area contributed by atoms with Gasteiger partial charge < -0.3 is 20.1 Å². The molecule has 2 bridgehead atoms. The number of ether oxygens (including phenoxy) is 1. The SMILES string of the molecule is CCCC(C)NC(=O)C1N(CCCO)C(=O)[C@@H]2[C@H](C(=O)OCC)[C@@H]3CCC12S3. The standard InChI is InChI=1S/C20H32N2O5S/c1-4-7-12(3)21-17(24)16-20-9-8-13(28-20)14(19(26)27-5-2)15(20)18(25)22(16)10-6-11-23/h12-16,23H,4-11H2,1-3H3,(H,21,24)/t12?,13-,14+,15-,16?,20?/m0/s1. The molecule has 0 saturated carbocycles. The van der Waals surface area contributed by atoms with Crippen LogP contribution in [0.3, 0.4) is 0 Å². The van der Waals surface area contributed by atoms with Gasteiger partial charge in [-0.2, -0.15) is 0 Å². The summed E-state index contributed by atoms with van der Waals surface area (Å²) in [4.78, 5) is 40.9. The number of likely N-dealkylation sites (tertiary alicyclic amines) is 1. The van der Waals surface area contributed by atoms with E-state index < -0.39 is 22.6 Å². The lowest BCUT2D eigenvalue weighted by molar-refractivity contribution is -0.153. The minimum Gasteiger partial charge on any atom is -0.466 e. The van der Waals surface area contributed by atoms with E-state index in [4.69, 9.17) is 4.74 Å². The fourth-order valence-corrected chi connectivity index (χ4v) is 7.48. The van der Waals surface area contributed by atoms with Gasteiger partial charge in [-0.15, -0.1) is 11.8 Å². The van der Waals surface area contributed by atoms with Crippen LogP contribution in [0.5, 0.6) is 0 Å². The molecule has 3 heterocycles. The van der Waals surface area contributed by atoms with Crippen LogP contribution in [0.4, 0.5) is 0 Å². The Labute approximate surface area is 170 Å². The van der Waals surface area contributed by atoms with E-state index in [9.17, 15) is 19.5 Å². The molecule has 0 radical (unpaired) electrons. The molecule has 3 aliphatic rings. The molecule has 3 fully saturated rings. The van der Waals surface area contributed by atoms with E-state index in [1.807, 2.05) is 6.92 Å². The summed E-state index contributed by atoms with van der Waals surface area (Å²) < 4.78 is 4.71. The van der Waals surface area contributed by atoms with Crippen molar-refractivity contribution in [3.05, 3.63) is 0 Å². The molecular formula is C20H32N2O5S. The molecule has 0 aromatic rings. The third kappa shape index (κ3) is 3.43. The summed E-state index contributed by atoms with van der Waals surface area (Å²) in [6, 6.07) is -0.558. The van der Waals surface area contributed by atoms with Crippen LogP contribution in [-0.4, -0.2) is 69.6 Å². The maximum Gasteiger partial charge on any atom is 0.310 e. The van der Waals surface area contributed by atoms with E-state index >= 15 is 0 Å². The molecule has 158 valence electrons. The molecule has 7 nitrogen and oxygen atoms in total. The maximum absolute atomic E-state index is 13.4. The van der Waals surface area contributed by atoms with Gasteiger partial charge in [-0.25, -0.2) is 0 Å². The number of rotatable bonds is 9. The lowest BCUT2D eigenvalue weighted by Gasteiger charge is -2.34. The second-order valence-corrected chi connectivity index (χ2v) is 9.72. The number of thioether (sulfide) groups is 1. The second-order valence-electron chi connectivity index (χ2n) is 8.12. The van der Waals surface area contributed by atoms with Crippen molar-refractivity contribution in [1.29, 1.82) is 0 Å². The molecule has 6 atom stereocenters. The minimum atomic E-state index is -0.592. The van der Waals surface area contributed by atoms with Crippen molar-refractivity contribution in [3.63, 3.8) is 0 Å². The Balaban J connectivity index is 1.92. The summed E-state index contributed by atoms with van der Waals surface area (Å²) in [5.74, 6) is -1.57. The molecule has 2 amide bonds. The summed E-state index contributed by atoms with van der Waals surface area (Å²) in [6.45, 7) is 6.39. The van der Waals surface area contributed by atoms with Crippen molar-refractivity contribution in [2.75, 3.05) is 19.8 Å². The van der Waals surface area contributed by atoms with Gasteiger partial charge in [0.05, 0.1) is 23.2 Å². The number of hydrogen-bond donors (Lipinski definition) is 2. The van der Waals surface area contributed by atoms with Crippen LogP contribution in [0, 0.1) is 11.8 Å². The van der Waals surface area contributed by atoms with Crippen LogP contribution in [0.2, 0.25) is 0 Å². The van der Waals surface area contributed by atoms with Crippen molar-refractivity contribution < 1.29 is 24.2 Å². The first-order valence-electron chi connectivity index (χ1n) is 10.5. The van der Waals surface area contributed by atoms with Gasteiger partial charge in [0, 0.05) is 24.4 Å². The van der Waals surface area contributed by atoms with Gasteiger partial charge in [0.25, 0.3) is 0 Å². The summed E-state index contributed by atoms with van der Waals surface area (Å²) in [6.07, 6.45) is 3.83. The first-order valence-corrected chi connectivity index (χ1v) is 11.3. The number of carbonyl (C=O) groups excluding carboxylic acids is 3. The largest absolute Gasteiger partial charge is 0.466 e. The zero-order chi connectivity index (χ0) is 20.5. The van der Waals surface area contributed by atoms with Gasteiger partial charge in [0.1, 0.15) is 6.04 Å². The molecule has 3 saturated heterocycles. The van der Waals surface area contributed by atoms with E-state index in [1.165, 1.54) is 0 Å². The van der Waals surface area contributed by atoms with Crippen molar-refractivity contribution in [2.45, 2.75) is 75.0 Å². The number of nitrogens with zero attached hydrogens (tertiary/aromatic N) is 1. The highest BCUT2D eigenvalue weighted by molar-refractivity contribution is 8.02. The van der Waals surface area contributed by atoms with Crippen LogP contribution in [0.1, 0.15) is 52.9 Å². The van der Waals surface area contributed by atoms with Gasteiger partial charge in [-0.05, 0) is 39.5 Å². The molecule has 0 aromatic heterocycles. The summed E-state index contributed by atoms with van der Waals surface area (Å²) in [5.41, 5.74) is 0. The summed E-state index contributed by atoms with van der Waals surface area (Å²) in [5, 5.41) is 12.4. The van der Waals surface area contributed by atoms with E-state index in [0.717, 1.165) is 25.7 Å². The zero-order valence-corrected chi connectivity index (χ0v) is 17.8. The quantitative estimate of drug-likeness (QED) is 0.555. The monoisotopic (exact) mass is 412 g/mol. The third-order valence-electron chi connectivity index (χ3n) is 6.27. The van der Waals surface area contributed by atoms with Crippen molar-refractivity contribution in [2.24, 2.45) is 11.8 Å². The minimum absolute atomic E-state index is 0.0344. The van der Waals surface area contributed by atoms with E-state index in [-0.39, 0.29) is 42.3 Å². The van der Waals surface area contributed by atoms with Crippen molar-refractivity contribution >= 4 is 29.5 Å². The lowest BCUT2D eigenvalue weighted by atomic mass is 9.71.